The van der Waals surface area contributed by atoms with Gasteiger partial charge in [0, 0.05) is 17.7 Å². The van der Waals surface area contributed by atoms with Gasteiger partial charge in [-0.3, -0.25) is 9.59 Å². The number of amides is 2. The zero-order valence-corrected chi connectivity index (χ0v) is 21.4. The third-order valence-corrected chi connectivity index (χ3v) is 8.78. The Morgan fingerprint density at radius 1 is 0.784 bits per heavy atom. The van der Waals surface area contributed by atoms with E-state index in [4.69, 9.17) is 4.74 Å². The molecule has 6 heteroatoms. The summed E-state index contributed by atoms with van der Waals surface area (Å²) in [5, 5.41) is 0. The number of halogens is 1. The van der Waals surface area contributed by atoms with Gasteiger partial charge in [-0.2, -0.15) is 4.57 Å². The molecule has 2 aliphatic carbocycles. The Kier molecular flexibility index (Phi) is 4.77. The number of aromatic nitrogens is 1. The molecule has 5 nitrogen and oxygen atoms in total. The standard InChI is InChI=1S/C31H23N2O3.BrH/c34-29-25-26-24-12-6-7-17-32(24)28-22-10-4-5-11-23(22)31(26,28)27(25)30(35)33(29)20-13-15-21(16-14-20)36-18-19-8-2-1-3-9-19;/h1-17,25-28H,18H2;1H/q+1;/p-1. The maximum atomic E-state index is 13.9. The molecule has 182 valence electrons. The first-order chi connectivity index (χ1) is 17.7. The predicted octanol–water partition coefficient (Wildman–Crippen LogP) is 1.31. The Morgan fingerprint density at radius 3 is 2.32 bits per heavy atom. The molecule has 1 aromatic heterocycles. The second kappa shape index (κ2) is 7.86. The van der Waals surface area contributed by atoms with Gasteiger partial charge in [0.15, 0.2) is 17.9 Å². The molecule has 3 heterocycles. The lowest BCUT2D eigenvalue weighted by atomic mass is 9.38. The van der Waals surface area contributed by atoms with Gasteiger partial charge in [0.25, 0.3) is 0 Å². The first-order valence-corrected chi connectivity index (χ1v) is 12.5. The topological polar surface area (TPSA) is 50.5 Å². The number of hydrogen-bond acceptors (Lipinski definition) is 3. The summed E-state index contributed by atoms with van der Waals surface area (Å²) in [7, 11) is 0. The highest BCUT2D eigenvalue weighted by molar-refractivity contribution is 6.24. The van der Waals surface area contributed by atoms with Crippen LogP contribution in [0.4, 0.5) is 5.69 Å². The number of carbonyl (C=O) groups excluding carboxylic acids is 2. The fraction of sp³-hybridized carbons (Fsp3) is 0.194. The van der Waals surface area contributed by atoms with E-state index in [1.54, 1.807) is 0 Å². The van der Waals surface area contributed by atoms with Crippen molar-refractivity contribution in [2.45, 2.75) is 24.0 Å². The minimum Gasteiger partial charge on any atom is -1.00 e. The van der Waals surface area contributed by atoms with Crippen LogP contribution in [0.3, 0.4) is 0 Å². The number of anilines is 1. The van der Waals surface area contributed by atoms with Crippen LogP contribution in [0, 0.1) is 11.8 Å². The highest BCUT2D eigenvalue weighted by Gasteiger charge is 2.86. The van der Waals surface area contributed by atoms with Crippen molar-refractivity contribution in [3.63, 3.8) is 0 Å². The summed E-state index contributed by atoms with van der Waals surface area (Å²) in [6, 6.07) is 32.0. The summed E-state index contributed by atoms with van der Waals surface area (Å²) < 4.78 is 8.21. The molecule has 0 radical (unpaired) electrons. The minimum atomic E-state index is -0.330. The number of rotatable bonds is 4. The Hall–Kier alpha value is -3.77. The molecule has 3 aromatic carbocycles. The van der Waals surface area contributed by atoms with E-state index >= 15 is 0 Å². The molecular weight excluding hydrogens is 528 g/mol. The van der Waals surface area contributed by atoms with Crippen LogP contribution in [-0.4, -0.2) is 11.8 Å². The zero-order valence-electron chi connectivity index (χ0n) is 19.8. The molecule has 0 bridgehead atoms. The highest BCUT2D eigenvalue weighted by atomic mass is 79.9. The third kappa shape index (κ3) is 2.66. The molecule has 37 heavy (non-hydrogen) atoms. The summed E-state index contributed by atoms with van der Waals surface area (Å²) in [6.07, 6.45) is 2.10. The molecular formula is C31H23BrN2O3. The van der Waals surface area contributed by atoms with Crippen LogP contribution >= 0.6 is 0 Å². The van der Waals surface area contributed by atoms with Gasteiger partial charge in [-0.25, -0.2) is 4.90 Å². The van der Waals surface area contributed by atoms with Crippen LogP contribution < -0.4 is 31.2 Å². The van der Waals surface area contributed by atoms with E-state index in [-0.39, 0.29) is 58.0 Å². The van der Waals surface area contributed by atoms with Crippen molar-refractivity contribution in [1.29, 1.82) is 0 Å². The van der Waals surface area contributed by atoms with Gasteiger partial charge in [-0.1, -0.05) is 60.7 Å². The van der Waals surface area contributed by atoms with Crippen molar-refractivity contribution in [2.24, 2.45) is 11.8 Å². The fourth-order valence-corrected chi connectivity index (χ4v) is 7.50. The van der Waals surface area contributed by atoms with Gasteiger partial charge in [0.1, 0.15) is 12.4 Å². The van der Waals surface area contributed by atoms with Crippen LogP contribution in [0.5, 0.6) is 5.75 Å². The zero-order chi connectivity index (χ0) is 24.0. The monoisotopic (exact) mass is 550 g/mol. The van der Waals surface area contributed by atoms with E-state index < -0.39 is 0 Å². The van der Waals surface area contributed by atoms with Crippen LogP contribution in [0.15, 0.2) is 103 Å². The number of pyridine rings is 1. The van der Waals surface area contributed by atoms with Gasteiger partial charge in [0.05, 0.1) is 28.9 Å². The molecule has 4 aromatic rings. The predicted molar refractivity (Wildman–Crippen MR) is 132 cm³/mol. The SMILES string of the molecule is O=C1C2C(C(=O)N1c1ccc(OCc3ccccc3)cc1)C13c4ccccc4C1[n+]1ccccc1C23.[Br-]. The van der Waals surface area contributed by atoms with Crippen molar-refractivity contribution in [1.82, 2.24) is 0 Å². The maximum absolute atomic E-state index is 13.9. The van der Waals surface area contributed by atoms with Gasteiger partial charge in [0.2, 0.25) is 11.8 Å². The quantitative estimate of drug-likeness (QED) is 0.284. The number of carbonyl (C=O) groups is 2. The molecule has 2 amide bonds. The van der Waals surface area contributed by atoms with Gasteiger partial charge < -0.3 is 21.7 Å². The summed E-state index contributed by atoms with van der Waals surface area (Å²) in [4.78, 5) is 29.1. The second-order valence-electron chi connectivity index (χ2n) is 10.2. The Balaban J connectivity index is 0.00000231. The smallest absolute Gasteiger partial charge is 0.238 e. The Morgan fingerprint density at radius 2 is 1.51 bits per heavy atom. The lowest BCUT2D eigenvalue weighted by molar-refractivity contribution is -0.717. The van der Waals surface area contributed by atoms with Crippen molar-refractivity contribution in [3.05, 3.63) is 126 Å². The molecule has 5 atom stereocenters. The average Bonchev–Trinajstić information content (AvgIpc) is 3.23. The molecule has 0 N–H and O–H groups in total. The fourth-order valence-electron chi connectivity index (χ4n) is 7.50. The van der Waals surface area contributed by atoms with Crippen LogP contribution in [-0.2, 0) is 21.6 Å². The Bertz CT molecular complexity index is 1570. The largest absolute Gasteiger partial charge is 1.00 e. The van der Waals surface area contributed by atoms with E-state index in [2.05, 4.69) is 41.1 Å². The number of fused-ring (bicyclic) bond motifs is 7. The molecule has 2 fully saturated rings. The maximum Gasteiger partial charge on any atom is 0.238 e. The van der Waals surface area contributed by atoms with Crippen LogP contribution in [0.2, 0.25) is 0 Å². The second-order valence-corrected chi connectivity index (χ2v) is 10.2. The summed E-state index contributed by atoms with van der Waals surface area (Å²) in [6.45, 7) is 0.466. The van der Waals surface area contributed by atoms with E-state index in [0.29, 0.717) is 18.0 Å². The van der Waals surface area contributed by atoms with Gasteiger partial charge in [-0.05, 0) is 35.4 Å². The van der Waals surface area contributed by atoms with Crippen molar-refractivity contribution < 1.29 is 35.9 Å². The van der Waals surface area contributed by atoms with E-state index in [9.17, 15) is 9.59 Å². The first kappa shape index (κ1) is 22.4. The molecule has 1 saturated heterocycles. The first-order valence-electron chi connectivity index (χ1n) is 12.5. The van der Waals surface area contributed by atoms with Crippen LogP contribution in [0.25, 0.3) is 0 Å². The number of ether oxygens (including phenoxy) is 1. The lowest BCUT2D eigenvalue weighted by Gasteiger charge is -2.57. The number of imide groups is 1. The number of benzene rings is 3. The van der Waals surface area contributed by atoms with Gasteiger partial charge in [-0.15, -0.1) is 0 Å². The molecule has 4 aliphatic rings. The van der Waals surface area contributed by atoms with Crippen molar-refractivity contribution in [3.8, 4) is 5.75 Å². The molecule has 8 rings (SSSR count). The van der Waals surface area contributed by atoms with E-state index in [1.807, 2.05) is 66.7 Å². The van der Waals surface area contributed by atoms with Crippen LogP contribution in [0.1, 0.15) is 34.3 Å². The molecule has 5 unspecified atom stereocenters. The molecule has 1 saturated carbocycles. The summed E-state index contributed by atoms with van der Waals surface area (Å²) in [5.41, 5.74) is 5.05. The third-order valence-electron chi connectivity index (χ3n) is 8.78. The number of nitrogens with zero attached hydrogens (tertiary/aromatic N) is 2. The summed E-state index contributed by atoms with van der Waals surface area (Å²) in [5.74, 6) is -0.0783. The molecule has 2 aliphatic heterocycles. The van der Waals surface area contributed by atoms with Crippen molar-refractivity contribution in [2.75, 3.05) is 4.90 Å². The Labute approximate surface area is 225 Å². The summed E-state index contributed by atoms with van der Waals surface area (Å²) >= 11 is 0. The van der Waals surface area contributed by atoms with Crippen molar-refractivity contribution >= 4 is 17.5 Å². The van der Waals surface area contributed by atoms with Gasteiger partial charge >= 0.3 is 0 Å². The molecule has 1 spiro atoms. The lowest BCUT2D eigenvalue weighted by Crippen LogP contribution is -3.00. The highest BCUT2D eigenvalue weighted by Crippen LogP contribution is 2.76. The number of hydrogen-bond donors (Lipinski definition) is 0. The minimum absolute atomic E-state index is 0. The normalized spacial score (nSPS) is 27.5. The van der Waals surface area contributed by atoms with E-state index in [1.165, 1.54) is 16.0 Å². The van der Waals surface area contributed by atoms with E-state index in [0.717, 1.165) is 11.3 Å². The average molecular weight is 551 g/mol.